The maximum Gasteiger partial charge on any atom is 0.229 e. The molecule has 2 aromatic rings. The van der Waals surface area contributed by atoms with Gasteiger partial charge < -0.3 is 15.4 Å². The molecule has 2 amide bonds. The molecule has 2 rings (SSSR count). The Labute approximate surface area is 168 Å². The number of ether oxygens (including phenoxy) is 1. The minimum Gasteiger partial charge on any atom is -0.494 e. The highest BCUT2D eigenvalue weighted by Gasteiger charge is 2.21. The molecule has 0 aliphatic heterocycles. The van der Waals surface area contributed by atoms with Crippen LogP contribution in [-0.2, 0) is 9.59 Å². The third-order valence-electron chi connectivity index (χ3n) is 3.70. The van der Waals surface area contributed by atoms with Crippen LogP contribution in [0.2, 0.25) is 0 Å². The predicted octanol–water partition coefficient (Wildman–Crippen LogP) is 5.23. The molecule has 0 aliphatic carbocycles. The summed E-state index contributed by atoms with van der Waals surface area (Å²) in [6.45, 7) is 6.02. The first-order chi connectivity index (χ1) is 12.7. The van der Waals surface area contributed by atoms with Crippen LogP contribution in [0.25, 0.3) is 0 Å². The van der Waals surface area contributed by atoms with Crippen molar-refractivity contribution in [2.24, 2.45) is 5.41 Å². The third-order valence-corrected chi connectivity index (χ3v) is 4.19. The Morgan fingerprint density at radius 1 is 1.00 bits per heavy atom. The van der Waals surface area contributed by atoms with E-state index in [2.05, 4.69) is 26.6 Å². The Hall–Kier alpha value is -2.34. The maximum atomic E-state index is 12.1. The van der Waals surface area contributed by atoms with Crippen molar-refractivity contribution in [3.63, 3.8) is 0 Å². The highest BCUT2D eigenvalue weighted by atomic mass is 79.9. The molecule has 0 aromatic heterocycles. The lowest BCUT2D eigenvalue weighted by Crippen LogP contribution is -2.27. The van der Waals surface area contributed by atoms with Crippen molar-refractivity contribution < 1.29 is 14.3 Å². The van der Waals surface area contributed by atoms with Crippen molar-refractivity contribution in [3.8, 4) is 5.75 Å². The van der Waals surface area contributed by atoms with Crippen LogP contribution in [0.5, 0.6) is 5.75 Å². The number of carbonyl (C=O) groups excluding carboxylic acids is 2. The van der Waals surface area contributed by atoms with Crippen LogP contribution in [0.3, 0.4) is 0 Å². The van der Waals surface area contributed by atoms with Crippen molar-refractivity contribution in [1.82, 2.24) is 0 Å². The summed E-state index contributed by atoms with van der Waals surface area (Å²) in [5, 5.41) is 5.71. The van der Waals surface area contributed by atoms with Gasteiger partial charge in [0.25, 0.3) is 0 Å². The van der Waals surface area contributed by atoms with E-state index in [4.69, 9.17) is 4.74 Å². The number of rotatable bonds is 7. The molecule has 0 heterocycles. The minimum atomic E-state index is -0.479. The number of hydrogen-bond acceptors (Lipinski definition) is 3. The first-order valence-electron chi connectivity index (χ1n) is 8.84. The summed E-state index contributed by atoms with van der Waals surface area (Å²) in [6.07, 6.45) is 0.964. The molecule has 0 atom stereocenters. The lowest BCUT2D eigenvalue weighted by molar-refractivity contribution is -0.123. The summed E-state index contributed by atoms with van der Waals surface area (Å²) in [4.78, 5) is 24.2. The first kappa shape index (κ1) is 21.0. The van der Waals surface area contributed by atoms with Gasteiger partial charge in [-0.05, 0) is 42.8 Å². The van der Waals surface area contributed by atoms with Gasteiger partial charge in [0, 0.05) is 27.7 Å². The molecule has 0 saturated carbocycles. The Bertz CT molecular complexity index is 800. The number of carbonyl (C=O) groups is 2. The Morgan fingerprint density at radius 2 is 1.67 bits per heavy atom. The third kappa shape index (κ3) is 7.43. The fraction of sp³-hybridized carbons (Fsp3) is 0.333. The van der Waals surface area contributed by atoms with Crippen LogP contribution in [0.4, 0.5) is 11.4 Å². The molecule has 0 radical (unpaired) electrons. The molecule has 0 aliphatic rings. The van der Waals surface area contributed by atoms with Crippen molar-refractivity contribution >= 4 is 39.1 Å². The minimum absolute atomic E-state index is 0.0735. The number of hydrogen-bond donors (Lipinski definition) is 2. The van der Waals surface area contributed by atoms with Gasteiger partial charge in [0.1, 0.15) is 5.75 Å². The highest BCUT2D eigenvalue weighted by molar-refractivity contribution is 9.10. The summed E-state index contributed by atoms with van der Waals surface area (Å²) in [5.74, 6) is 0.606. The molecular formula is C21H25BrN2O3. The van der Waals surface area contributed by atoms with Crippen LogP contribution >= 0.6 is 15.9 Å². The molecule has 0 fully saturated rings. The van der Waals surface area contributed by atoms with Gasteiger partial charge in [-0.2, -0.15) is 0 Å². The van der Waals surface area contributed by atoms with E-state index in [-0.39, 0.29) is 11.8 Å². The molecule has 0 bridgehead atoms. The lowest BCUT2D eigenvalue weighted by atomic mass is 9.95. The molecular weight excluding hydrogens is 408 g/mol. The standard InChI is InChI=1S/C21H25BrN2O3/c1-21(2,3)20(26)24-17-9-5-8-16(14-17)23-19(25)11-6-12-27-18-10-4-7-15(22)13-18/h4-5,7-10,13-14H,6,11-12H2,1-3H3,(H,23,25)(H,24,26). The van der Waals surface area contributed by atoms with Gasteiger partial charge in [-0.15, -0.1) is 0 Å². The Balaban J connectivity index is 1.78. The van der Waals surface area contributed by atoms with Gasteiger partial charge in [0.05, 0.1) is 6.61 Å². The van der Waals surface area contributed by atoms with Crippen LogP contribution in [0.1, 0.15) is 33.6 Å². The average molecular weight is 433 g/mol. The monoisotopic (exact) mass is 432 g/mol. The van der Waals surface area contributed by atoms with Gasteiger partial charge in [0.15, 0.2) is 0 Å². The Kier molecular flexibility index (Phi) is 7.42. The number of benzene rings is 2. The molecule has 2 N–H and O–H groups in total. The zero-order chi connectivity index (χ0) is 19.9. The second-order valence-corrected chi connectivity index (χ2v) is 8.16. The largest absolute Gasteiger partial charge is 0.494 e. The van der Waals surface area contributed by atoms with E-state index >= 15 is 0 Å². The number of anilines is 2. The van der Waals surface area contributed by atoms with Gasteiger partial charge in [0.2, 0.25) is 11.8 Å². The van der Waals surface area contributed by atoms with Crippen LogP contribution < -0.4 is 15.4 Å². The molecule has 0 spiro atoms. The summed E-state index contributed by atoms with van der Waals surface area (Å²) in [6, 6.07) is 14.7. The number of nitrogens with one attached hydrogen (secondary N) is 2. The van der Waals surface area contributed by atoms with E-state index in [0.29, 0.717) is 30.8 Å². The zero-order valence-electron chi connectivity index (χ0n) is 15.8. The predicted molar refractivity (Wildman–Crippen MR) is 112 cm³/mol. The van der Waals surface area contributed by atoms with Crippen LogP contribution in [-0.4, -0.2) is 18.4 Å². The zero-order valence-corrected chi connectivity index (χ0v) is 17.4. The summed E-state index contributed by atoms with van der Waals surface area (Å²) < 4.78 is 6.58. The van der Waals surface area contributed by atoms with E-state index in [1.165, 1.54) is 0 Å². The first-order valence-corrected chi connectivity index (χ1v) is 9.63. The van der Waals surface area contributed by atoms with Crippen LogP contribution in [0, 0.1) is 5.41 Å². The van der Waals surface area contributed by atoms with Crippen molar-refractivity contribution in [1.29, 1.82) is 0 Å². The van der Waals surface area contributed by atoms with Gasteiger partial charge in [-0.25, -0.2) is 0 Å². The van der Waals surface area contributed by atoms with Gasteiger partial charge in [-0.1, -0.05) is 48.8 Å². The van der Waals surface area contributed by atoms with E-state index in [1.54, 1.807) is 24.3 Å². The molecule has 6 heteroatoms. The summed E-state index contributed by atoms with van der Waals surface area (Å²) in [5.41, 5.74) is 0.832. The van der Waals surface area contributed by atoms with E-state index < -0.39 is 5.41 Å². The molecule has 2 aromatic carbocycles. The molecule has 27 heavy (non-hydrogen) atoms. The van der Waals surface area contributed by atoms with Gasteiger partial charge >= 0.3 is 0 Å². The summed E-state index contributed by atoms with van der Waals surface area (Å²) in [7, 11) is 0. The fourth-order valence-corrected chi connectivity index (χ4v) is 2.57. The number of amides is 2. The van der Waals surface area contributed by atoms with Crippen molar-refractivity contribution in [2.75, 3.05) is 17.2 Å². The highest BCUT2D eigenvalue weighted by Crippen LogP contribution is 2.20. The Morgan fingerprint density at radius 3 is 2.33 bits per heavy atom. The summed E-state index contributed by atoms with van der Waals surface area (Å²) >= 11 is 3.39. The van der Waals surface area contributed by atoms with Gasteiger partial charge in [-0.3, -0.25) is 9.59 Å². The molecule has 0 unspecified atom stereocenters. The molecule has 5 nitrogen and oxygen atoms in total. The average Bonchev–Trinajstić information content (AvgIpc) is 2.58. The van der Waals surface area contributed by atoms with Crippen LogP contribution in [0.15, 0.2) is 53.0 Å². The van der Waals surface area contributed by atoms with Crippen molar-refractivity contribution in [2.45, 2.75) is 33.6 Å². The van der Waals surface area contributed by atoms with E-state index in [9.17, 15) is 9.59 Å². The molecule has 144 valence electrons. The number of halogens is 1. The quantitative estimate of drug-likeness (QED) is 0.588. The molecule has 0 saturated heterocycles. The van der Waals surface area contributed by atoms with E-state index in [0.717, 1.165) is 10.2 Å². The second kappa shape index (κ2) is 9.55. The van der Waals surface area contributed by atoms with E-state index in [1.807, 2.05) is 45.0 Å². The SMILES string of the molecule is CC(C)(C)C(=O)Nc1cccc(NC(=O)CCCOc2cccc(Br)c2)c1. The normalized spacial score (nSPS) is 11.0. The lowest BCUT2D eigenvalue weighted by Gasteiger charge is -2.18. The maximum absolute atomic E-state index is 12.1. The fourth-order valence-electron chi connectivity index (χ4n) is 2.20. The topological polar surface area (TPSA) is 67.4 Å². The van der Waals surface area contributed by atoms with Crippen molar-refractivity contribution in [3.05, 3.63) is 53.0 Å². The smallest absolute Gasteiger partial charge is 0.229 e. The second-order valence-electron chi connectivity index (χ2n) is 7.24.